The van der Waals surface area contributed by atoms with Gasteiger partial charge in [0.2, 0.25) is 11.8 Å². The number of nitrogens with one attached hydrogen (secondary N) is 1. The number of fused-ring (bicyclic) bond motifs is 1. The van der Waals surface area contributed by atoms with E-state index in [4.69, 9.17) is 16.3 Å². The largest absolute Gasteiger partial charge is 0.452 e. The Morgan fingerprint density at radius 3 is 2.39 bits per heavy atom. The number of anilines is 2. The minimum atomic E-state index is -4.64. The maximum absolute atomic E-state index is 13.4. The molecule has 0 unspecified atom stereocenters. The molecule has 3 atom stereocenters. The lowest BCUT2D eigenvalue weighted by Crippen LogP contribution is -2.31. The van der Waals surface area contributed by atoms with Crippen molar-refractivity contribution in [1.29, 1.82) is 0 Å². The van der Waals surface area contributed by atoms with Crippen LogP contribution in [0, 0.1) is 11.8 Å². The summed E-state index contributed by atoms with van der Waals surface area (Å²) in [6.07, 6.45) is -2.71. The van der Waals surface area contributed by atoms with E-state index in [-0.39, 0.29) is 39.7 Å². The highest BCUT2D eigenvalue weighted by atomic mass is 35.5. The van der Waals surface area contributed by atoms with E-state index in [1.165, 1.54) is 18.2 Å². The molecule has 0 spiro atoms. The molecule has 3 aromatic carbocycles. The highest BCUT2D eigenvalue weighted by Gasteiger charge is 2.50. The Kier molecular flexibility index (Phi) is 7.86. The van der Waals surface area contributed by atoms with Gasteiger partial charge in [-0.1, -0.05) is 48.0 Å². The molecule has 3 amide bonds. The van der Waals surface area contributed by atoms with Crippen molar-refractivity contribution in [2.75, 3.05) is 16.8 Å². The van der Waals surface area contributed by atoms with Gasteiger partial charge in [0, 0.05) is 0 Å². The van der Waals surface area contributed by atoms with E-state index in [0.29, 0.717) is 18.9 Å². The number of imide groups is 1. The van der Waals surface area contributed by atoms with Crippen molar-refractivity contribution >= 4 is 46.7 Å². The Morgan fingerprint density at radius 1 is 0.927 bits per heavy atom. The predicted octanol–water partition coefficient (Wildman–Crippen LogP) is 6.23. The molecule has 11 heteroatoms. The summed E-state index contributed by atoms with van der Waals surface area (Å²) in [5.74, 6) is -3.16. The van der Waals surface area contributed by atoms with Crippen molar-refractivity contribution in [3.63, 3.8) is 0 Å². The molecule has 7 nitrogen and oxygen atoms in total. The molecule has 212 valence electrons. The molecule has 2 aliphatic rings. The molecule has 0 aromatic heterocycles. The van der Waals surface area contributed by atoms with E-state index in [0.717, 1.165) is 29.0 Å². The van der Waals surface area contributed by atoms with Crippen LogP contribution in [0.1, 0.15) is 46.7 Å². The third kappa shape index (κ3) is 5.97. The van der Waals surface area contributed by atoms with Gasteiger partial charge in [-0.15, -0.1) is 0 Å². The molecule has 5 rings (SSSR count). The summed E-state index contributed by atoms with van der Waals surface area (Å²) in [5.41, 5.74) is 0.0538. The van der Waals surface area contributed by atoms with Crippen molar-refractivity contribution in [3.05, 3.63) is 94.5 Å². The van der Waals surface area contributed by atoms with Gasteiger partial charge in [0.15, 0.2) is 6.61 Å². The fourth-order valence-corrected chi connectivity index (χ4v) is 5.60. The first-order chi connectivity index (χ1) is 19.5. The van der Waals surface area contributed by atoms with Gasteiger partial charge < -0.3 is 10.1 Å². The fourth-order valence-electron chi connectivity index (χ4n) is 5.43. The molecule has 0 radical (unpaired) electrons. The van der Waals surface area contributed by atoms with E-state index < -0.39 is 42.1 Å². The topological polar surface area (TPSA) is 92.8 Å². The molecule has 1 saturated carbocycles. The van der Waals surface area contributed by atoms with Gasteiger partial charge in [0.25, 0.3) is 5.91 Å². The Labute approximate surface area is 238 Å². The maximum atomic E-state index is 13.4. The maximum Gasteiger partial charge on any atom is 0.416 e. The zero-order chi connectivity index (χ0) is 29.3. The van der Waals surface area contributed by atoms with Gasteiger partial charge in [0.05, 0.1) is 39.4 Å². The van der Waals surface area contributed by atoms with Crippen molar-refractivity contribution in [1.82, 2.24) is 0 Å². The van der Waals surface area contributed by atoms with E-state index in [9.17, 15) is 32.3 Å². The Bertz CT molecular complexity index is 1510. The second-order valence-corrected chi connectivity index (χ2v) is 10.4. The van der Waals surface area contributed by atoms with Crippen LogP contribution in [0.2, 0.25) is 5.02 Å². The van der Waals surface area contributed by atoms with E-state index in [2.05, 4.69) is 5.32 Å². The highest BCUT2D eigenvalue weighted by Crippen LogP contribution is 2.45. The normalized spacial score (nSPS) is 20.5. The number of halogens is 4. The van der Waals surface area contributed by atoms with Crippen molar-refractivity contribution in [2.24, 2.45) is 11.8 Å². The fraction of sp³-hybridized carbons (Fsp3) is 0.267. The molecule has 41 heavy (non-hydrogen) atoms. The number of hydrogen-bond donors (Lipinski definition) is 1. The Balaban J connectivity index is 1.23. The van der Waals surface area contributed by atoms with E-state index in [1.807, 2.05) is 30.3 Å². The van der Waals surface area contributed by atoms with Crippen LogP contribution < -0.4 is 10.2 Å². The zero-order valence-electron chi connectivity index (χ0n) is 21.5. The molecule has 2 fully saturated rings. The molecule has 0 bridgehead atoms. The van der Waals surface area contributed by atoms with Gasteiger partial charge in [-0.3, -0.25) is 19.3 Å². The average Bonchev–Trinajstić information content (AvgIpc) is 3.21. The minimum absolute atomic E-state index is 0.00923. The zero-order valence-corrected chi connectivity index (χ0v) is 22.2. The SMILES string of the molecule is O=C(COC(=O)c1cccc(N2C(=O)[C@H]3C[C@@H](c4ccccc4)CC[C@H]3C2=O)c1)Nc1cc(C(F)(F)F)ccc1Cl. The van der Waals surface area contributed by atoms with Gasteiger partial charge in [-0.05, 0) is 67.1 Å². The minimum Gasteiger partial charge on any atom is -0.452 e. The van der Waals surface area contributed by atoms with Crippen molar-refractivity contribution < 1.29 is 37.1 Å². The van der Waals surface area contributed by atoms with E-state index >= 15 is 0 Å². The van der Waals surface area contributed by atoms with Crippen LogP contribution in [0.4, 0.5) is 24.5 Å². The Hall–Kier alpha value is -4.18. The lowest BCUT2D eigenvalue weighted by atomic mass is 9.73. The lowest BCUT2D eigenvalue weighted by molar-refractivity contribution is -0.137. The van der Waals surface area contributed by atoms with Crippen LogP contribution >= 0.6 is 11.6 Å². The first kappa shape index (κ1) is 28.4. The van der Waals surface area contributed by atoms with Crippen molar-refractivity contribution in [3.8, 4) is 0 Å². The highest BCUT2D eigenvalue weighted by molar-refractivity contribution is 6.33. The standard InChI is InChI=1S/C30H24ClF3N2O5/c31-24-12-10-20(30(32,33)34)15-25(24)35-26(37)16-41-29(40)19-7-4-8-21(13-19)36-27(38)22-11-9-18(14-23(22)28(36)39)17-5-2-1-3-6-17/h1-8,10,12-13,15,18,22-23H,9,11,14,16H2,(H,35,37)/t18-,22+,23-/m0/s1. The number of hydrogen-bond acceptors (Lipinski definition) is 5. The third-order valence-corrected chi connectivity index (χ3v) is 7.77. The first-order valence-corrected chi connectivity index (χ1v) is 13.3. The second-order valence-electron chi connectivity index (χ2n) is 10.0. The van der Waals surface area contributed by atoms with Gasteiger partial charge in [-0.2, -0.15) is 13.2 Å². The van der Waals surface area contributed by atoms with Crippen LogP contribution in [0.5, 0.6) is 0 Å². The second kappa shape index (κ2) is 11.4. The number of esters is 1. The summed E-state index contributed by atoms with van der Waals surface area (Å²) in [7, 11) is 0. The number of rotatable bonds is 6. The smallest absolute Gasteiger partial charge is 0.416 e. The monoisotopic (exact) mass is 584 g/mol. The number of benzene rings is 3. The van der Waals surface area contributed by atoms with Crippen LogP contribution in [0.3, 0.4) is 0 Å². The number of amides is 3. The van der Waals surface area contributed by atoms with Crippen LogP contribution in [-0.4, -0.2) is 30.3 Å². The number of nitrogens with zero attached hydrogens (tertiary/aromatic N) is 1. The molecular formula is C30H24ClF3N2O5. The number of ether oxygens (including phenoxy) is 1. The van der Waals surface area contributed by atoms with Crippen LogP contribution in [-0.2, 0) is 25.3 Å². The van der Waals surface area contributed by atoms with Gasteiger partial charge in [-0.25, -0.2) is 4.79 Å². The summed E-state index contributed by atoms with van der Waals surface area (Å²) in [4.78, 5) is 52.7. The van der Waals surface area contributed by atoms with Crippen LogP contribution in [0.15, 0.2) is 72.8 Å². The van der Waals surface area contributed by atoms with Gasteiger partial charge >= 0.3 is 12.1 Å². The first-order valence-electron chi connectivity index (χ1n) is 12.9. The summed E-state index contributed by atoms with van der Waals surface area (Å²) in [6.45, 7) is -0.803. The third-order valence-electron chi connectivity index (χ3n) is 7.44. The summed E-state index contributed by atoms with van der Waals surface area (Å²) in [5, 5.41) is 2.07. The lowest BCUT2D eigenvalue weighted by Gasteiger charge is -2.28. The van der Waals surface area contributed by atoms with Crippen molar-refractivity contribution in [2.45, 2.75) is 31.4 Å². The molecule has 3 aromatic rings. The summed E-state index contributed by atoms with van der Waals surface area (Å²) >= 11 is 5.89. The van der Waals surface area contributed by atoms with Crippen LogP contribution in [0.25, 0.3) is 0 Å². The summed E-state index contributed by atoms with van der Waals surface area (Å²) < 4.78 is 43.9. The quantitative estimate of drug-likeness (QED) is 0.274. The van der Waals surface area contributed by atoms with Gasteiger partial charge in [0.1, 0.15) is 0 Å². The molecular weight excluding hydrogens is 561 g/mol. The molecule has 1 N–H and O–H groups in total. The molecule has 1 aliphatic heterocycles. The summed E-state index contributed by atoms with van der Waals surface area (Å²) in [6, 6.07) is 18.1. The molecule has 1 aliphatic carbocycles. The Morgan fingerprint density at radius 2 is 1.66 bits per heavy atom. The molecule has 1 saturated heterocycles. The van der Waals surface area contributed by atoms with E-state index in [1.54, 1.807) is 6.07 Å². The predicted molar refractivity (Wildman–Crippen MR) is 144 cm³/mol. The number of carbonyl (C=O) groups is 4. The average molecular weight is 585 g/mol. The molecule has 1 heterocycles. The number of carbonyl (C=O) groups excluding carboxylic acids is 4. The number of alkyl halides is 3.